The number of rotatable bonds is 4. The molecule has 0 saturated carbocycles. The number of pyridine rings is 2. The Morgan fingerprint density at radius 2 is 2.00 bits per heavy atom. The summed E-state index contributed by atoms with van der Waals surface area (Å²) in [5, 5.41) is 11.3. The van der Waals surface area contributed by atoms with Gasteiger partial charge < -0.3 is 18.8 Å². The number of aromatic nitrogens is 3. The number of imidazole rings is 1. The van der Waals surface area contributed by atoms with Crippen molar-refractivity contribution in [3.05, 3.63) is 95.1 Å². The van der Waals surface area contributed by atoms with Crippen LogP contribution in [-0.4, -0.2) is 36.1 Å². The van der Waals surface area contributed by atoms with Crippen LogP contribution in [0.5, 0.6) is 0 Å². The number of amides is 1. The molecule has 4 aromatic heterocycles. The third-order valence-corrected chi connectivity index (χ3v) is 5.75. The van der Waals surface area contributed by atoms with E-state index in [1.54, 1.807) is 36.7 Å². The number of likely N-dealkylation sites (tertiary alicyclic amines) is 1. The second-order valence-electron chi connectivity index (χ2n) is 7.72. The Morgan fingerprint density at radius 1 is 1.16 bits per heavy atom. The molecular weight excluding hydrogens is 408 g/mol. The summed E-state index contributed by atoms with van der Waals surface area (Å²) in [6, 6.07) is 9.93. The molecule has 0 aliphatic carbocycles. The number of furan rings is 1. The summed E-state index contributed by atoms with van der Waals surface area (Å²) in [4.78, 5) is 36.3. The van der Waals surface area contributed by atoms with Gasteiger partial charge in [-0.15, -0.1) is 0 Å². The summed E-state index contributed by atoms with van der Waals surface area (Å²) >= 11 is 0. The molecule has 1 fully saturated rings. The molecule has 8 heteroatoms. The maximum atomic E-state index is 13.1. The third-order valence-electron chi connectivity index (χ3n) is 5.75. The minimum Gasteiger partial charge on any atom is -0.505 e. The van der Waals surface area contributed by atoms with Gasteiger partial charge >= 0.3 is 0 Å². The number of nitrogens with zero attached hydrogens (tertiary/aromatic N) is 4. The molecule has 1 aliphatic rings. The lowest BCUT2D eigenvalue weighted by Crippen LogP contribution is -2.29. The van der Waals surface area contributed by atoms with Crippen molar-refractivity contribution in [3.63, 3.8) is 0 Å². The van der Waals surface area contributed by atoms with Gasteiger partial charge in [0.2, 0.25) is 0 Å². The minimum absolute atomic E-state index is 0.0151. The van der Waals surface area contributed by atoms with E-state index < -0.39 is 17.7 Å². The lowest BCUT2D eigenvalue weighted by atomic mass is 9.97. The fourth-order valence-electron chi connectivity index (χ4n) is 4.17. The summed E-state index contributed by atoms with van der Waals surface area (Å²) in [5.74, 6) is -1.26. The highest BCUT2D eigenvalue weighted by Gasteiger charge is 2.47. The van der Waals surface area contributed by atoms with Gasteiger partial charge in [0.1, 0.15) is 17.1 Å². The van der Waals surface area contributed by atoms with Crippen molar-refractivity contribution < 1.29 is 19.1 Å². The van der Waals surface area contributed by atoms with Crippen molar-refractivity contribution in [3.8, 4) is 0 Å². The quantitative estimate of drug-likeness (QED) is 0.303. The van der Waals surface area contributed by atoms with E-state index in [2.05, 4.69) is 9.97 Å². The van der Waals surface area contributed by atoms with Crippen molar-refractivity contribution >= 4 is 23.1 Å². The predicted molar refractivity (Wildman–Crippen MR) is 115 cm³/mol. The molecule has 1 unspecified atom stereocenters. The molecule has 0 radical (unpaired) electrons. The molecular formula is C24H20N4O4. The van der Waals surface area contributed by atoms with Crippen LogP contribution in [0.4, 0.5) is 0 Å². The fourth-order valence-corrected chi connectivity index (χ4v) is 4.17. The molecule has 1 amide bonds. The maximum absolute atomic E-state index is 13.1. The van der Waals surface area contributed by atoms with Gasteiger partial charge in [-0.05, 0) is 49.2 Å². The van der Waals surface area contributed by atoms with Crippen LogP contribution in [0.15, 0.2) is 71.2 Å². The Morgan fingerprint density at radius 3 is 2.69 bits per heavy atom. The highest BCUT2D eigenvalue weighted by molar-refractivity contribution is 6.46. The number of hydrogen-bond acceptors (Lipinski definition) is 6. The molecule has 160 valence electrons. The highest BCUT2D eigenvalue weighted by Crippen LogP contribution is 2.40. The summed E-state index contributed by atoms with van der Waals surface area (Å²) in [6.45, 7) is 3.81. The first-order valence-corrected chi connectivity index (χ1v) is 10.1. The number of hydrogen-bond donors (Lipinski definition) is 1. The normalized spacial score (nSPS) is 18.1. The van der Waals surface area contributed by atoms with Gasteiger partial charge in [-0.3, -0.25) is 14.6 Å². The van der Waals surface area contributed by atoms with Gasteiger partial charge in [-0.25, -0.2) is 4.98 Å². The minimum atomic E-state index is -0.820. The second-order valence-corrected chi connectivity index (χ2v) is 7.72. The molecule has 5 rings (SSSR count). The Hall–Kier alpha value is -4.20. The molecule has 0 bridgehead atoms. The highest BCUT2D eigenvalue weighted by atomic mass is 16.3. The lowest BCUT2D eigenvalue weighted by Gasteiger charge is -2.24. The predicted octanol–water partition coefficient (Wildman–Crippen LogP) is 3.56. The number of aryl methyl sites for hydroxylation is 2. The number of ketones is 1. The van der Waals surface area contributed by atoms with Crippen molar-refractivity contribution in [2.75, 3.05) is 0 Å². The van der Waals surface area contributed by atoms with E-state index in [1.807, 2.05) is 36.6 Å². The van der Waals surface area contributed by atoms with E-state index in [9.17, 15) is 14.7 Å². The second kappa shape index (κ2) is 7.49. The molecule has 1 aliphatic heterocycles. The first-order valence-electron chi connectivity index (χ1n) is 10.1. The van der Waals surface area contributed by atoms with E-state index in [4.69, 9.17) is 4.42 Å². The smallest absolute Gasteiger partial charge is 0.296 e. The number of carbonyl (C=O) groups is 2. The van der Waals surface area contributed by atoms with Crippen molar-refractivity contribution in [1.29, 1.82) is 0 Å². The van der Waals surface area contributed by atoms with Crippen LogP contribution >= 0.6 is 0 Å². The third kappa shape index (κ3) is 2.99. The van der Waals surface area contributed by atoms with E-state index in [0.717, 1.165) is 5.56 Å². The largest absolute Gasteiger partial charge is 0.505 e. The van der Waals surface area contributed by atoms with Crippen LogP contribution in [0.25, 0.3) is 11.4 Å². The first kappa shape index (κ1) is 19.7. The molecule has 32 heavy (non-hydrogen) atoms. The number of carbonyl (C=O) groups excluding carboxylic acids is 2. The molecule has 1 atom stereocenters. The average Bonchev–Trinajstić information content (AvgIpc) is 3.49. The average molecular weight is 428 g/mol. The van der Waals surface area contributed by atoms with Gasteiger partial charge in [0.25, 0.3) is 11.7 Å². The molecule has 0 aromatic carbocycles. The molecule has 4 aromatic rings. The van der Waals surface area contributed by atoms with Crippen LogP contribution in [0.1, 0.15) is 34.3 Å². The zero-order chi connectivity index (χ0) is 22.4. The van der Waals surface area contributed by atoms with Crippen molar-refractivity contribution in [2.45, 2.75) is 26.4 Å². The van der Waals surface area contributed by atoms with E-state index >= 15 is 0 Å². The first-order chi connectivity index (χ1) is 15.5. The Balaban J connectivity index is 1.71. The zero-order valence-corrected chi connectivity index (χ0v) is 17.5. The molecule has 8 nitrogen and oxygen atoms in total. The molecule has 1 N–H and O–H groups in total. The van der Waals surface area contributed by atoms with E-state index in [1.165, 1.54) is 11.2 Å². The van der Waals surface area contributed by atoms with Gasteiger partial charge in [0.05, 0.1) is 30.1 Å². The molecule has 5 heterocycles. The monoisotopic (exact) mass is 428 g/mol. The molecule has 0 spiro atoms. The number of aliphatic hydroxyl groups excluding tert-OH is 1. The lowest BCUT2D eigenvalue weighted by molar-refractivity contribution is -0.140. The summed E-state index contributed by atoms with van der Waals surface area (Å²) in [6.07, 6.45) is 6.54. The van der Waals surface area contributed by atoms with Crippen LogP contribution in [0, 0.1) is 13.8 Å². The van der Waals surface area contributed by atoms with Gasteiger partial charge in [-0.2, -0.15) is 0 Å². The standard InChI is InChI=1S/C24H20N4O4/c1-14-6-4-10-27-15(2)19(26-23(14)27)21(29)18-20(16-7-3-9-25-12-16)28(24(31)22(18)30)13-17-8-5-11-32-17/h3-12,20,29H,13H2,1-2H3. The van der Waals surface area contributed by atoms with Crippen LogP contribution in [0.3, 0.4) is 0 Å². The number of fused-ring (bicyclic) bond motifs is 1. The molecule has 1 saturated heterocycles. The van der Waals surface area contributed by atoms with Crippen molar-refractivity contribution in [2.24, 2.45) is 0 Å². The van der Waals surface area contributed by atoms with E-state index in [-0.39, 0.29) is 23.6 Å². The summed E-state index contributed by atoms with van der Waals surface area (Å²) in [7, 11) is 0. The fraction of sp³-hybridized carbons (Fsp3) is 0.167. The maximum Gasteiger partial charge on any atom is 0.296 e. The van der Waals surface area contributed by atoms with Gasteiger partial charge in [0.15, 0.2) is 5.76 Å². The van der Waals surface area contributed by atoms with Crippen LogP contribution < -0.4 is 0 Å². The Kier molecular flexibility index (Phi) is 4.62. The Labute approximate surface area is 183 Å². The van der Waals surface area contributed by atoms with Crippen LogP contribution in [-0.2, 0) is 16.1 Å². The van der Waals surface area contributed by atoms with Crippen LogP contribution in [0.2, 0.25) is 0 Å². The Bertz CT molecular complexity index is 1370. The number of aliphatic hydroxyl groups is 1. The van der Waals surface area contributed by atoms with Gasteiger partial charge in [-0.1, -0.05) is 12.1 Å². The zero-order valence-electron chi connectivity index (χ0n) is 17.5. The topological polar surface area (TPSA) is 101 Å². The van der Waals surface area contributed by atoms with Crippen molar-refractivity contribution in [1.82, 2.24) is 19.3 Å². The van der Waals surface area contributed by atoms with E-state index in [0.29, 0.717) is 22.7 Å². The summed E-state index contributed by atoms with van der Waals surface area (Å²) < 4.78 is 7.25. The SMILES string of the molecule is Cc1cccn2c(C)c(C(O)=C3C(=O)C(=O)N(Cc4ccco4)C3c3cccnc3)nc12. The number of Topliss-reactive ketones (excluding diaryl/α,β-unsaturated/α-hetero) is 1. The van der Waals surface area contributed by atoms with Gasteiger partial charge in [0, 0.05) is 18.6 Å². The summed E-state index contributed by atoms with van der Waals surface area (Å²) in [5.41, 5.74) is 3.13.